The van der Waals surface area contributed by atoms with Crippen molar-refractivity contribution in [3.8, 4) is 10.4 Å². The minimum Gasteiger partial charge on any atom is -0.237 e. The summed E-state index contributed by atoms with van der Waals surface area (Å²) in [4.78, 5) is 5.12. The van der Waals surface area contributed by atoms with Crippen LogP contribution in [0.3, 0.4) is 0 Å². The molecule has 0 bridgehead atoms. The van der Waals surface area contributed by atoms with E-state index in [-0.39, 0.29) is 39.1 Å². The van der Waals surface area contributed by atoms with Gasteiger partial charge in [0.15, 0.2) is 5.65 Å². The van der Waals surface area contributed by atoms with Gasteiger partial charge in [-0.05, 0) is 56.2 Å². The van der Waals surface area contributed by atoms with Gasteiger partial charge in [0.25, 0.3) is 10.0 Å². The molecule has 1 aromatic carbocycles. The summed E-state index contributed by atoms with van der Waals surface area (Å²) in [5.74, 6) is -0.0692. The molecule has 1 saturated heterocycles. The molecule has 1 aliphatic heterocycles. The number of thiophene rings is 1. The van der Waals surface area contributed by atoms with E-state index in [1.165, 1.54) is 28.4 Å². The molecule has 9 nitrogen and oxygen atoms in total. The minimum absolute atomic E-state index is 0.0346. The molecule has 1 fully saturated rings. The third kappa shape index (κ3) is 4.61. The number of nitrogens with zero attached hydrogens (tertiary/aromatic N) is 2. The number of rotatable bonds is 6. The van der Waals surface area contributed by atoms with Gasteiger partial charge in [-0.1, -0.05) is 18.2 Å². The Balaban J connectivity index is 1.50. The molecule has 36 heavy (non-hydrogen) atoms. The van der Waals surface area contributed by atoms with Crippen LogP contribution in [0, 0.1) is 6.92 Å². The van der Waals surface area contributed by atoms with Crippen molar-refractivity contribution in [3.05, 3.63) is 66.5 Å². The van der Waals surface area contributed by atoms with Crippen molar-refractivity contribution in [3.63, 3.8) is 0 Å². The third-order valence-electron chi connectivity index (χ3n) is 6.10. The van der Waals surface area contributed by atoms with Crippen molar-refractivity contribution in [2.45, 2.75) is 34.9 Å². The maximum absolute atomic E-state index is 13.3. The normalized spacial score (nSPS) is 16.9. The predicted molar refractivity (Wildman–Crippen MR) is 139 cm³/mol. The van der Waals surface area contributed by atoms with Crippen LogP contribution in [0.15, 0.2) is 69.9 Å². The Morgan fingerprint density at radius 2 is 1.69 bits per heavy atom. The van der Waals surface area contributed by atoms with E-state index in [2.05, 4.69) is 9.71 Å². The lowest BCUT2D eigenvalue weighted by molar-refractivity contribution is 0.506. The minimum atomic E-state index is -3.89. The Labute approximate surface area is 213 Å². The summed E-state index contributed by atoms with van der Waals surface area (Å²) in [5.41, 5.74) is 1.40. The summed E-state index contributed by atoms with van der Waals surface area (Å²) in [6.07, 6.45) is 1.99. The van der Waals surface area contributed by atoms with Crippen molar-refractivity contribution in [1.29, 1.82) is 0 Å². The first-order valence-electron chi connectivity index (χ1n) is 11.1. The first-order valence-corrected chi connectivity index (χ1v) is 16.6. The first-order chi connectivity index (χ1) is 17.0. The molecule has 4 heterocycles. The Kier molecular flexibility index (Phi) is 6.32. The van der Waals surface area contributed by atoms with Crippen molar-refractivity contribution in [1.82, 2.24) is 13.7 Å². The second-order valence-corrected chi connectivity index (χ2v) is 15.7. The SMILES string of the molecule is Cc1cc2c(-c3ccc(S(=O)(=O)NC4CCS(=O)(=O)CC4)s3)ccnc2n1S(=O)(=O)c1ccccc1. The summed E-state index contributed by atoms with van der Waals surface area (Å²) in [5, 5.41) is 0.589. The molecule has 3 aromatic heterocycles. The van der Waals surface area contributed by atoms with Crippen LogP contribution in [0.5, 0.6) is 0 Å². The number of aromatic nitrogens is 2. The topological polar surface area (TPSA) is 132 Å². The van der Waals surface area contributed by atoms with Crippen molar-refractivity contribution in [2.24, 2.45) is 0 Å². The molecule has 0 saturated carbocycles. The average Bonchev–Trinajstić information content (AvgIpc) is 3.46. The van der Waals surface area contributed by atoms with E-state index in [0.29, 0.717) is 21.5 Å². The molecule has 0 radical (unpaired) electrons. The summed E-state index contributed by atoms with van der Waals surface area (Å²) < 4.78 is 79.8. The van der Waals surface area contributed by atoms with Crippen LogP contribution in [0.4, 0.5) is 0 Å². The predicted octanol–water partition coefficient (Wildman–Crippen LogP) is 3.17. The van der Waals surface area contributed by atoms with Gasteiger partial charge in [-0.25, -0.2) is 38.9 Å². The van der Waals surface area contributed by atoms with Gasteiger partial charge in [0.2, 0.25) is 10.0 Å². The molecular weight excluding hydrogens is 543 g/mol. The van der Waals surface area contributed by atoms with Gasteiger partial charge in [-0.15, -0.1) is 11.3 Å². The Hall–Kier alpha value is -2.58. The van der Waals surface area contributed by atoms with Gasteiger partial charge >= 0.3 is 0 Å². The standard InChI is InChI=1S/C23H23N3O6S4/c1-16-15-20-19(9-12-24-23(20)26(16)36(31,32)18-5-3-2-4-6-18)21-7-8-22(33-21)35(29,30)25-17-10-13-34(27,28)14-11-17/h2-9,12,15,17,25H,10-11,13-14H2,1H3. The van der Waals surface area contributed by atoms with Gasteiger partial charge in [0, 0.05) is 33.8 Å². The number of pyridine rings is 1. The fraction of sp³-hybridized carbons (Fsp3) is 0.261. The molecule has 1 N–H and O–H groups in total. The molecule has 0 amide bonds. The first kappa shape index (κ1) is 25.1. The maximum Gasteiger partial charge on any atom is 0.269 e. The number of sulfone groups is 1. The fourth-order valence-electron chi connectivity index (χ4n) is 4.31. The van der Waals surface area contributed by atoms with E-state index in [1.54, 1.807) is 43.3 Å². The van der Waals surface area contributed by atoms with Crippen LogP contribution >= 0.6 is 11.3 Å². The van der Waals surface area contributed by atoms with Crippen LogP contribution in [0.25, 0.3) is 21.5 Å². The Morgan fingerprint density at radius 3 is 2.39 bits per heavy atom. The van der Waals surface area contributed by atoms with E-state index < -0.39 is 35.9 Å². The summed E-state index contributed by atoms with van der Waals surface area (Å²) in [6, 6.07) is 14.3. The highest BCUT2D eigenvalue weighted by Gasteiger charge is 2.29. The second kappa shape index (κ2) is 9.06. The number of nitrogens with one attached hydrogen (secondary N) is 1. The van der Waals surface area contributed by atoms with Gasteiger partial charge in [-0.3, -0.25) is 0 Å². The zero-order chi connectivity index (χ0) is 25.7. The number of sulfonamides is 1. The van der Waals surface area contributed by atoms with Gasteiger partial charge < -0.3 is 0 Å². The highest BCUT2D eigenvalue weighted by Crippen LogP contribution is 2.37. The van der Waals surface area contributed by atoms with Crippen LogP contribution in [-0.2, 0) is 29.9 Å². The zero-order valence-corrected chi connectivity index (χ0v) is 22.4. The van der Waals surface area contributed by atoms with Gasteiger partial charge in [0.1, 0.15) is 14.0 Å². The maximum atomic E-state index is 13.3. The molecule has 4 aromatic rings. The monoisotopic (exact) mass is 565 g/mol. The molecule has 0 atom stereocenters. The molecule has 5 rings (SSSR count). The van der Waals surface area contributed by atoms with Crippen molar-refractivity contribution < 1.29 is 25.3 Å². The quantitative estimate of drug-likeness (QED) is 0.380. The third-order valence-corrected chi connectivity index (χ3v) is 12.8. The van der Waals surface area contributed by atoms with Gasteiger partial charge in [-0.2, -0.15) is 0 Å². The van der Waals surface area contributed by atoms with E-state index in [9.17, 15) is 25.3 Å². The highest BCUT2D eigenvalue weighted by molar-refractivity contribution is 7.92. The van der Waals surface area contributed by atoms with Crippen LogP contribution in [0.2, 0.25) is 0 Å². The Morgan fingerprint density at radius 1 is 1.00 bits per heavy atom. The summed E-state index contributed by atoms with van der Waals surface area (Å²) in [6.45, 7) is 1.69. The second-order valence-electron chi connectivity index (χ2n) is 8.63. The molecule has 1 aliphatic rings. The van der Waals surface area contributed by atoms with Crippen LogP contribution in [-0.4, -0.2) is 51.8 Å². The van der Waals surface area contributed by atoms with Crippen LogP contribution in [0.1, 0.15) is 18.5 Å². The Bertz CT molecular complexity index is 1760. The largest absolute Gasteiger partial charge is 0.269 e. The van der Waals surface area contributed by atoms with Gasteiger partial charge in [0.05, 0.1) is 16.4 Å². The summed E-state index contributed by atoms with van der Waals surface area (Å²) >= 11 is 1.06. The lowest BCUT2D eigenvalue weighted by atomic mass is 10.1. The number of hydrogen-bond donors (Lipinski definition) is 1. The number of aryl methyl sites for hydroxylation is 1. The van der Waals surface area contributed by atoms with Crippen molar-refractivity contribution in [2.75, 3.05) is 11.5 Å². The molecule has 190 valence electrons. The number of hydrogen-bond acceptors (Lipinski definition) is 8. The van der Waals surface area contributed by atoms with E-state index in [4.69, 9.17) is 0 Å². The van der Waals surface area contributed by atoms with E-state index in [1.807, 2.05) is 0 Å². The number of fused-ring (bicyclic) bond motifs is 1. The molecule has 13 heteroatoms. The van der Waals surface area contributed by atoms with E-state index >= 15 is 0 Å². The fourth-order valence-corrected chi connectivity index (χ4v) is 9.99. The molecule has 0 spiro atoms. The number of benzene rings is 1. The highest BCUT2D eigenvalue weighted by atomic mass is 32.2. The van der Waals surface area contributed by atoms with Crippen LogP contribution < -0.4 is 4.72 Å². The molecular formula is C23H23N3O6S4. The zero-order valence-electron chi connectivity index (χ0n) is 19.2. The lowest BCUT2D eigenvalue weighted by Gasteiger charge is -2.22. The summed E-state index contributed by atoms with van der Waals surface area (Å²) in [7, 11) is -10.8. The van der Waals surface area contributed by atoms with E-state index in [0.717, 1.165) is 11.3 Å². The van der Waals surface area contributed by atoms with Crippen molar-refractivity contribution >= 4 is 52.3 Å². The molecule has 0 unspecified atom stereocenters. The molecule has 0 aliphatic carbocycles. The average molecular weight is 566 g/mol. The smallest absolute Gasteiger partial charge is 0.237 e. The lowest BCUT2D eigenvalue weighted by Crippen LogP contribution is -2.40.